The third-order valence-electron chi connectivity index (χ3n) is 2.39. The number of nitriles is 1. The van der Waals surface area contributed by atoms with Crippen LogP contribution in [-0.4, -0.2) is 0 Å². The third kappa shape index (κ3) is 1.89. The molecule has 2 rings (SSSR count). The average Bonchev–Trinajstić information content (AvgIpc) is 2.30. The maximum atomic E-state index is 8.70. The zero-order valence-corrected chi connectivity index (χ0v) is 8.49. The predicted molar refractivity (Wildman–Crippen MR) is 60.2 cm³/mol. The molecule has 0 heterocycles. The lowest BCUT2D eigenvalue weighted by atomic mass is 10.00. The van der Waals surface area contributed by atoms with Crippen LogP contribution in [0.4, 0.5) is 0 Å². The van der Waals surface area contributed by atoms with E-state index in [2.05, 4.69) is 18.2 Å². The molecule has 0 fully saturated rings. The quantitative estimate of drug-likeness (QED) is 0.679. The molecule has 0 aromatic heterocycles. The molecule has 0 saturated carbocycles. The van der Waals surface area contributed by atoms with Gasteiger partial charge in [-0.25, -0.2) is 0 Å². The van der Waals surface area contributed by atoms with Gasteiger partial charge in [0.25, 0.3) is 0 Å². The van der Waals surface area contributed by atoms with Gasteiger partial charge in [-0.15, -0.1) is 0 Å². The summed E-state index contributed by atoms with van der Waals surface area (Å²) in [6.07, 6.45) is 0. The molecule has 0 amide bonds. The lowest BCUT2D eigenvalue weighted by Gasteiger charge is -2.04. The van der Waals surface area contributed by atoms with Crippen molar-refractivity contribution in [3.63, 3.8) is 0 Å². The van der Waals surface area contributed by atoms with E-state index in [1.165, 1.54) is 5.56 Å². The van der Waals surface area contributed by atoms with Gasteiger partial charge in [0.1, 0.15) is 0 Å². The molecule has 0 N–H and O–H groups in total. The van der Waals surface area contributed by atoms with Gasteiger partial charge in [-0.1, -0.05) is 30.3 Å². The maximum absolute atomic E-state index is 8.70. The highest BCUT2D eigenvalue weighted by Gasteiger charge is 2.00. The van der Waals surface area contributed by atoms with Crippen LogP contribution in [0.15, 0.2) is 42.5 Å². The first-order chi connectivity index (χ1) is 7.31. The molecule has 2 aromatic rings. The van der Waals surface area contributed by atoms with Crippen molar-refractivity contribution in [3.05, 3.63) is 59.7 Å². The fourth-order valence-corrected chi connectivity index (χ4v) is 1.56. The van der Waals surface area contributed by atoms with Gasteiger partial charge in [0.05, 0.1) is 11.6 Å². The van der Waals surface area contributed by atoms with E-state index in [1.54, 1.807) is 0 Å². The Hall–Kier alpha value is -2.07. The van der Waals surface area contributed by atoms with E-state index in [4.69, 9.17) is 5.26 Å². The van der Waals surface area contributed by atoms with Crippen molar-refractivity contribution in [3.8, 4) is 17.2 Å². The Morgan fingerprint density at radius 3 is 2.47 bits per heavy atom. The van der Waals surface area contributed by atoms with Crippen LogP contribution in [0.2, 0.25) is 0 Å². The topological polar surface area (TPSA) is 23.8 Å². The molecular weight excluding hydrogens is 182 g/mol. The first-order valence-electron chi connectivity index (χ1n) is 4.79. The van der Waals surface area contributed by atoms with Crippen LogP contribution in [0, 0.1) is 24.3 Å². The summed E-state index contributed by atoms with van der Waals surface area (Å²) in [5.41, 5.74) is 4.11. The van der Waals surface area contributed by atoms with E-state index in [9.17, 15) is 0 Å². The van der Waals surface area contributed by atoms with Gasteiger partial charge in [-0.2, -0.15) is 5.26 Å². The van der Waals surface area contributed by atoms with Crippen molar-refractivity contribution >= 4 is 0 Å². The van der Waals surface area contributed by atoms with Gasteiger partial charge >= 0.3 is 0 Å². The summed E-state index contributed by atoms with van der Waals surface area (Å²) < 4.78 is 0. The van der Waals surface area contributed by atoms with Crippen LogP contribution < -0.4 is 0 Å². The fourth-order valence-electron chi connectivity index (χ4n) is 1.56. The molecule has 0 atom stereocenters. The number of rotatable bonds is 1. The number of hydrogen-bond acceptors (Lipinski definition) is 1. The van der Waals surface area contributed by atoms with E-state index in [0.717, 1.165) is 11.1 Å². The van der Waals surface area contributed by atoms with Gasteiger partial charge in [0.2, 0.25) is 0 Å². The SMILES string of the molecule is Cc1[c]cccc1-c1ccc(C#N)cc1. The molecular formula is C14H10N. The molecule has 71 valence electrons. The monoisotopic (exact) mass is 192 g/mol. The largest absolute Gasteiger partial charge is 0.192 e. The molecule has 1 nitrogen and oxygen atoms in total. The average molecular weight is 192 g/mol. The van der Waals surface area contributed by atoms with Crippen LogP contribution in [0.1, 0.15) is 11.1 Å². The molecule has 0 aliphatic rings. The number of aryl methyl sites for hydroxylation is 1. The maximum Gasteiger partial charge on any atom is 0.0991 e. The number of hydrogen-bond donors (Lipinski definition) is 0. The summed E-state index contributed by atoms with van der Waals surface area (Å²) in [6.45, 7) is 2.04. The summed E-state index contributed by atoms with van der Waals surface area (Å²) in [4.78, 5) is 0. The molecule has 0 aliphatic heterocycles. The lowest BCUT2D eigenvalue weighted by molar-refractivity contribution is 1.44. The molecule has 0 aliphatic carbocycles. The molecule has 2 aromatic carbocycles. The second kappa shape index (κ2) is 3.98. The Morgan fingerprint density at radius 1 is 1.13 bits per heavy atom. The van der Waals surface area contributed by atoms with Crippen molar-refractivity contribution in [2.75, 3.05) is 0 Å². The highest BCUT2D eigenvalue weighted by Crippen LogP contribution is 2.22. The summed E-state index contributed by atoms with van der Waals surface area (Å²) in [7, 11) is 0. The zero-order chi connectivity index (χ0) is 10.7. The van der Waals surface area contributed by atoms with Crippen LogP contribution in [-0.2, 0) is 0 Å². The van der Waals surface area contributed by atoms with Crippen molar-refractivity contribution in [2.45, 2.75) is 6.92 Å². The Bertz CT molecular complexity index is 504. The van der Waals surface area contributed by atoms with Crippen LogP contribution in [0.5, 0.6) is 0 Å². The molecule has 0 bridgehead atoms. The van der Waals surface area contributed by atoms with Crippen LogP contribution >= 0.6 is 0 Å². The zero-order valence-electron chi connectivity index (χ0n) is 8.49. The van der Waals surface area contributed by atoms with Crippen LogP contribution in [0.25, 0.3) is 11.1 Å². The smallest absolute Gasteiger partial charge is 0.0991 e. The minimum absolute atomic E-state index is 0.691. The van der Waals surface area contributed by atoms with Crippen molar-refractivity contribution in [1.29, 1.82) is 5.26 Å². The van der Waals surface area contributed by atoms with Gasteiger partial charge in [0.15, 0.2) is 0 Å². The van der Waals surface area contributed by atoms with Crippen molar-refractivity contribution in [2.24, 2.45) is 0 Å². The highest BCUT2D eigenvalue weighted by molar-refractivity contribution is 5.67. The minimum atomic E-state index is 0.691. The number of nitrogens with zero attached hydrogens (tertiary/aromatic N) is 1. The fraction of sp³-hybridized carbons (Fsp3) is 0.0714. The van der Waals surface area contributed by atoms with E-state index in [0.29, 0.717) is 5.56 Å². The van der Waals surface area contributed by atoms with Gasteiger partial charge < -0.3 is 0 Å². The van der Waals surface area contributed by atoms with E-state index in [1.807, 2.05) is 43.3 Å². The molecule has 1 heteroatoms. The standard InChI is InChI=1S/C14H10N/c1-11-4-2-3-5-14(11)13-8-6-12(10-15)7-9-13/h2-3,5-9H,1H3. The number of benzene rings is 2. The summed E-state index contributed by atoms with van der Waals surface area (Å²) in [5.74, 6) is 0. The van der Waals surface area contributed by atoms with Gasteiger partial charge in [-0.3, -0.25) is 0 Å². The van der Waals surface area contributed by atoms with Crippen LogP contribution in [0.3, 0.4) is 0 Å². The molecule has 0 unspecified atom stereocenters. The minimum Gasteiger partial charge on any atom is -0.192 e. The predicted octanol–water partition coefficient (Wildman–Crippen LogP) is 3.33. The van der Waals surface area contributed by atoms with Crippen molar-refractivity contribution < 1.29 is 0 Å². The summed E-state index contributed by atoms with van der Waals surface area (Å²) in [5, 5.41) is 8.70. The molecule has 0 saturated heterocycles. The van der Waals surface area contributed by atoms with Gasteiger partial charge in [-0.05, 0) is 41.8 Å². The normalized spacial score (nSPS) is 9.60. The Balaban J connectivity index is 2.47. The Labute approximate surface area is 89.6 Å². The second-order valence-corrected chi connectivity index (χ2v) is 3.40. The first-order valence-corrected chi connectivity index (χ1v) is 4.79. The van der Waals surface area contributed by atoms with Gasteiger partial charge in [0, 0.05) is 0 Å². The van der Waals surface area contributed by atoms with E-state index < -0.39 is 0 Å². The summed E-state index contributed by atoms with van der Waals surface area (Å²) in [6, 6.07) is 18.8. The lowest BCUT2D eigenvalue weighted by Crippen LogP contribution is -1.83. The highest BCUT2D eigenvalue weighted by atomic mass is 14.2. The molecule has 0 spiro atoms. The first kappa shape index (κ1) is 9.48. The Kier molecular flexibility index (Phi) is 2.51. The Morgan fingerprint density at radius 2 is 1.87 bits per heavy atom. The third-order valence-corrected chi connectivity index (χ3v) is 2.39. The van der Waals surface area contributed by atoms with E-state index >= 15 is 0 Å². The second-order valence-electron chi connectivity index (χ2n) is 3.40. The summed E-state index contributed by atoms with van der Waals surface area (Å²) >= 11 is 0. The molecule has 15 heavy (non-hydrogen) atoms. The van der Waals surface area contributed by atoms with E-state index in [-0.39, 0.29) is 0 Å². The van der Waals surface area contributed by atoms with Crippen molar-refractivity contribution in [1.82, 2.24) is 0 Å². The molecule has 1 radical (unpaired) electrons.